The van der Waals surface area contributed by atoms with Crippen LogP contribution in [0.15, 0.2) is 24.5 Å². The molecule has 2 rings (SSSR count). The van der Waals surface area contributed by atoms with Crippen LogP contribution >= 0.6 is 24.8 Å². The number of carbonyl (C=O) groups is 1. The molecule has 0 aromatic carbocycles. The summed E-state index contributed by atoms with van der Waals surface area (Å²) >= 11 is 0. The third-order valence-electron chi connectivity index (χ3n) is 2.84. The van der Waals surface area contributed by atoms with Crippen LogP contribution in [0.3, 0.4) is 0 Å². The van der Waals surface area contributed by atoms with Gasteiger partial charge >= 0.3 is 0 Å². The zero-order valence-corrected chi connectivity index (χ0v) is 11.0. The molecule has 6 heteroatoms. The first kappa shape index (κ1) is 16.2. The Balaban J connectivity index is 0.00000128. The monoisotopic (exact) mass is 277 g/mol. The molecule has 0 bridgehead atoms. The second-order valence-corrected chi connectivity index (χ2v) is 3.93. The van der Waals surface area contributed by atoms with E-state index in [9.17, 15) is 4.79 Å². The van der Waals surface area contributed by atoms with E-state index >= 15 is 0 Å². The molecule has 1 aromatic heterocycles. The highest BCUT2D eigenvalue weighted by Crippen LogP contribution is 2.25. The largest absolute Gasteiger partial charge is 0.327 e. The van der Waals surface area contributed by atoms with Gasteiger partial charge in [0.05, 0.1) is 17.8 Å². The number of hydrogen-bond donors (Lipinski definition) is 2. The van der Waals surface area contributed by atoms with Gasteiger partial charge in [0.1, 0.15) is 0 Å². The van der Waals surface area contributed by atoms with E-state index in [2.05, 4.69) is 10.3 Å². The van der Waals surface area contributed by atoms with Gasteiger partial charge in [0.25, 0.3) is 0 Å². The summed E-state index contributed by atoms with van der Waals surface area (Å²) in [5, 5.41) is 2.83. The molecular formula is C11H17Cl2N3O. The van der Waals surface area contributed by atoms with Crippen molar-refractivity contribution in [3.05, 3.63) is 24.5 Å². The average molecular weight is 278 g/mol. The van der Waals surface area contributed by atoms with Crippen LogP contribution in [-0.4, -0.2) is 16.9 Å². The average Bonchev–Trinajstić information content (AvgIpc) is 2.66. The molecule has 0 spiro atoms. The summed E-state index contributed by atoms with van der Waals surface area (Å²) in [5.74, 6) is -0.0155. The van der Waals surface area contributed by atoms with Crippen LogP contribution in [0.25, 0.3) is 0 Å². The molecule has 3 N–H and O–H groups in total. The summed E-state index contributed by atoms with van der Waals surface area (Å²) in [5.41, 5.74) is 6.59. The van der Waals surface area contributed by atoms with Gasteiger partial charge in [0, 0.05) is 12.2 Å². The maximum Gasteiger partial charge on any atom is 0.229 e. The van der Waals surface area contributed by atoms with E-state index in [0.29, 0.717) is 0 Å². The smallest absolute Gasteiger partial charge is 0.229 e. The SMILES string of the molecule is Cl.Cl.NC1CCCC1C(=O)Nc1cccnc1. The van der Waals surface area contributed by atoms with Gasteiger partial charge in [0.2, 0.25) is 5.91 Å². The second-order valence-electron chi connectivity index (χ2n) is 3.93. The second kappa shape index (κ2) is 7.48. The molecule has 1 amide bonds. The van der Waals surface area contributed by atoms with Crippen molar-refractivity contribution in [1.29, 1.82) is 0 Å². The molecule has 0 radical (unpaired) electrons. The molecular weight excluding hydrogens is 261 g/mol. The van der Waals surface area contributed by atoms with E-state index in [0.717, 1.165) is 24.9 Å². The Hall–Kier alpha value is -0.840. The van der Waals surface area contributed by atoms with E-state index in [4.69, 9.17) is 5.73 Å². The molecule has 1 saturated carbocycles. The number of carbonyl (C=O) groups excluding carboxylic acids is 1. The first-order valence-corrected chi connectivity index (χ1v) is 5.24. The lowest BCUT2D eigenvalue weighted by Gasteiger charge is -2.14. The summed E-state index contributed by atoms with van der Waals surface area (Å²) in [6, 6.07) is 3.64. The summed E-state index contributed by atoms with van der Waals surface area (Å²) in [7, 11) is 0. The fraction of sp³-hybridized carbons (Fsp3) is 0.455. The van der Waals surface area contributed by atoms with Gasteiger partial charge in [-0.15, -0.1) is 24.8 Å². The normalized spacial score (nSPS) is 22.2. The number of rotatable bonds is 2. The standard InChI is InChI=1S/C11H15N3O.2ClH/c12-10-5-1-4-9(10)11(15)14-8-3-2-6-13-7-8;;/h2-3,6-7,9-10H,1,4-5,12H2,(H,14,15);2*1H. The molecule has 1 aliphatic carbocycles. The summed E-state index contributed by atoms with van der Waals surface area (Å²) in [6.45, 7) is 0. The number of anilines is 1. The summed E-state index contributed by atoms with van der Waals surface area (Å²) < 4.78 is 0. The maximum absolute atomic E-state index is 11.8. The first-order valence-electron chi connectivity index (χ1n) is 5.24. The molecule has 17 heavy (non-hydrogen) atoms. The number of hydrogen-bond acceptors (Lipinski definition) is 3. The van der Waals surface area contributed by atoms with E-state index in [1.54, 1.807) is 18.5 Å². The van der Waals surface area contributed by atoms with Gasteiger partial charge < -0.3 is 11.1 Å². The van der Waals surface area contributed by atoms with Crippen LogP contribution < -0.4 is 11.1 Å². The molecule has 1 heterocycles. The third-order valence-corrected chi connectivity index (χ3v) is 2.84. The van der Waals surface area contributed by atoms with Crippen molar-refractivity contribution in [3.63, 3.8) is 0 Å². The minimum atomic E-state index is -0.0368. The van der Waals surface area contributed by atoms with Crippen LogP contribution in [0.4, 0.5) is 5.69 Å². The quantitative estimate of drug-likeness (QED) is 0.869. The number of pyridine rings is 1. The summed E-state index contributed by atoms with van der Waals surface area (Å²) in [4.78, 5) is 15.7. The molecule has 2 atom stereocenters. The molecule has 0 aliphatic heterocycles. The highest BCUT2D eigenvalue weighted by molar-refractivity contribution is 5.93. The predicted molar refractivity (Wildman–Crippen MR) is 72.7 cm³/mol. The minimum absolute atomic E-state index is 0. The van der Waals surface area contributed by atoms with Crippen LogP contribution in [0.5, 0.6) is 0 Å². The topological polar surface area (TPSA) is 68.0 Å². The summed E-state index contributed by atoms with van der Waals surface area (Å²) in [6.07, 6.45) is 6.21. The molecule has 96 valence electrons. The fourth-order valence-corrected chi connectivity index (χ4v) is 1.99. The molecule has 1 aliphatic rings. The Morgan fingerprint density at radius 2 is 2.18 bits per heavy atom. The molecule has 0 saturated heterocycles. The lowest BCUT2D eigenvalue weighted by molar-refractivity contribution is -0.120. The number of nitrogens with zero attached hydrogens (tertiary/aromatic N) is 1. The van der Waals surface area contributed by atoms with Crippen molar-refractivity contribution >= 4 is 36.4 Å². The van der Waals surface area contributed by atoms with Crippen molar-refractivity contribution in [2.24, 2.45) is 11.7 Å². The van der Waals surface area contributed by atoms with Gasteiger partial charge in [0.15, 0.2) is 0 Å². The van der Waals surface area contributed by atoms with Gasteiger partial charge in [-0.2, -0.15) is 0 Å². The van der Waals surface area contributed by atoms with Crippen LogP contribution in [-0.2, 0) is 4.79 Å². The van der Waals surface area contributed by atoms with E-state index in [1.807, 2.05) is 6.07 Å². The van der Waals surface area contributed by atoms with Crippen LogP contribution in [0.2, 0.25) is 0 Å². The highest BCUT2D eigenvalue weighted by atomic mass is 35.5. The Morgan fingerprint density at radius 3 is 2.71 bits per heavy atom. The number of amides is 1. The van der Waals surface area contributed by atoms with Crippen molar-refractivity contribution in [1.82, 2.24) is 4.98 Å². The van der Waals surface area contributed by atoms with Gasteiger partial charge in [-0.3, -0.25) is 9.78 Å². The Morgan fingerprint density at radius 1 is 1.41 bits per heavy atom. The van der Waals surface area contributed by atoms with Gasteiger partial charge in [-0.1, -0.05) is 6.42 Å². The Bertz CT molecular complexity index is 348. The van der Waals surface area contributed by atoms with Crippen molar-refractivity contribution in [2.45, 2.75) is 25.3 Å². The first-order chi connectivity index (χ1) is 7.27. The number of nitrogens with one attached hydrogen (secondary N) is 1. The predicted octanol–water partition coefficient (Wildman–Crippen LogP) is 1.99. The zero-order valence-electron chi connectivity index (χ0n) is 9.33. The Kier molecular flexibility index (Phi) is 7.11. The lowest BCUT2D eigenvalue weighted by Crippen LogP contribution is -2.34. The fourth-order valence-electron chi connectivity index (χ4n) is 1.99. The molecule has 4 nitrogen and oxygen atoms in total. The molecule has 1 aromatic rings. The van der Waals surface area contributed by atoms with Gasteiger partial charge in [-0.05, 0) is 25.0 Å². The minimum Gasteiger partial charge on any atom is -0.327 e. The van der Waals surface area contributed by atoms with Crippen molar-refractivity contribution in [2.75, 3.05) is 5.32 Å². The van der Waals surface area contributed by atoms with E-state index in [1.165, 1.54) is 0 Å². The van der Waals surface area contributed by atoms with E-state index in [-0.39, 0.29) is 42.7 Å². The van der Waals surface area contributed by atoms with Crippen molar-refractivity contribution in [3.8, 4) is 0 Å². The van der Waals surface area contributed by atoms with Crippen LogP contribution in [0.1, 0.15) is 19.3 Å². The third kappa shape index (κ3) is 4.15. The van der Waals surface area contributed by atoms with E-state index < -0.39 is 0 Å². The number of nitrogens with two attached hydrogens (primary N) is 1. The lowest BCUT2D eigenvalue weighted by atomic mass is 10.0. The highest BCUT2D eigenvalue weighted by Gasteiger charge is 2.30. The van der Waals surface area contributed by atoms with Crippen LogP contribution in [0, 0.1) is 5.92 Å². The Labute approximate surface area is 113 Å². The zero-order chi connectivity index (χ0) is 10.7. The number of halogens is 2. The number of aromatic nitrogens is 1. The van der Waals surface area contributed by atoms with Crippen molar-refractivity contribution < 1.29 is 4.79 Å². The molecule has 2 unspecified atom stereocenters. The van der Waals surface area contributed by atoms with Gasteiger partial charge in [-0.25, -0.2) is 0 Å². The molecule has 1 fully saturated rings. The maximum atomic E-state index is 11.8.